The van der Waals surface area contributed by atoms with Gasteiger partial charge in [0.25, 0.3) is 0 Å². The standard InChI is InChI=1S/C13H25N3O/c1-11(17)15-6-8-16(9-7-15)13-5-3-4-12(10-13)14-2/h12-14H,3-10H2,1-2H3. The first kappa shape index (κ1) is 12.8. The molecule has 0 aromatic carbocycles. The van der Waals surface area contributed by atoms with Crippen molar-refractivity contribution >= 4 is 5.91 Å². The monoisotopic (exact) mass is 239 g/mol. The van der Waals surface area contributed by atoms with Crippen molar-refractivity contribution < 1.29 is 4.79 Å². The summed E-state index contributed by atoms with van der Waals surface area (Å²) in [7, 11) is 2.07. The highest BCUT2D eigenvalue weighted by molar-refractivity contribution is 5.73. The maximum atomic E-state index is 11.3. The molecule has 1 aliphatic heterocycles. The number of nitrogens with zero attached hydrogens (tertiary/aromatic N) is 2. The lowest BCUT2D eigenvalue weighted by Gasteiger charge is -2.42. The summed E-state index contributed by atoms with van der Waals surface area (Å²) >= 11 is 0. The van der Waals surface area contributed by atoms with Crippen molar-refractivity contribution in [3.05, 3.63) is 0 Å². The second kappa shape index (κ2) is 5.83. The summed E-state index contributed by atoms with van der Waals surface area (Å²) in [6.07, 6.45) is 5.26. The first-order valence-electron chi connectivity index (χ1n) is 6.87. The Morgan fingerprint density at radius 1 is 1.18 bits per heavy atom. The van der Waals surface area contributed by atoms with Crippen LogP contribution in [-0.2, 0) is 4.79 Å². The molecule has 17 heavy (non-hydrogen) atoms. The zero-order chi connectivity index (χ0) is 12.3. The molecule has 1 heterocycles. The molecule has 4 nitrogen and oxygen atoms in total. The van der Waals surface area contributed by atoms with Crippen molar-refractivity contribution in [2.24, 2.45) is 0 Å². The molecule has 98 valence electrons. The van der Waals surface area contributed by atoms with Crippen LogP contribution in [0.1, 0.15) is 32.6 Å². The molecule has 4 heteroatoms. The van der Waals surface area contributed by atoms with Crippen molar-refractivity contribution in [2.75, 3.05) is 33.2 Å². The Labute approximate surface area is 104 Å². The molecule has 1 saturated carbocycles. The first-order chi connectivity index (χ1) is 8.20. The molecule has 2 fully saturated rings. The van der Waals surface area contributed by atoms with E-state index in [2.05, 4.69) is 17.3 Å². The molecule has 2 aliphatic rings. The van der Waals surface area contributed by atoms with Crippen LogP contribution in [0.4, 0.5) is 0 Å². The Kier molecular flexibility index (Phi) is 4.40. The minimum absolute atomic E-state index is 0.224. The Bertz CT molecular complexity index is 261. The minimum Gasteiger partial charge on any atom is -0.340 e. The topological polar surface area (TPSA) is 35.6 Å². The summed E-state index contributed by atoms with van der Waals surface area (Å²) < 4.78 is 0. The average molecular weight is 239 g/mol. The van der Waals surface area contributed by atoms with Crippen molar-refractivity contribution in [3.63, 3.8) is 0 Å². The highest BCUT2D eigenvalue weighted by atomic mass is 16.2. The second-order valence-corrected chi connectivity index (χ2v) is 5.35. The van der Waals surface area contributed by atoms with E-state index >= 15 is 0 Å². The summed E-state index contributed by atoms with van der Waals surface area (Å²) in [6, 6.07) is 1.43. The third kappa shape index (κ3) is 3.19. The normalized spacial score (nSPS) is 31.5. The lowest BCUT2D eigenvalue weighted by atomic mass is 9.89. The van der Waals surface area contributed by atoms with Gasteiger partial charge in [-0.15, -0.1) is 0 Å². The third-order valence-electron chi connectivity index (χ3n) is 4.33. The van der Waals surface area contributed by atoms with Crippen LogP contribution < -0.4 is 5.32 Å². The molecule has 0 spiro atoms. The fraction of sp³-hybridized carbons (Fsp3) is 0.923. The number of piperazine rings is 1. The smallest absolute Gasteiger partial charge is 0.219 e. The molecule has 1 aliphatic carbocycles. The Morgan fingerprint density at radius 2 is 1.88 bits per heavy atom. The highest BCUT2D eigenvalue weighted by Crippen LogP contribution is 2.23. The van der Waals surface area contributed by atoms with E-state index in [0.29, 0.717) is 6.04 Å². The van der Waals surface area contributed by atoms with Crippen LogP contribution in [0.3, 0.4) is 0 Å². The maximum Gasteiger partial charge on any atom is 0.219 e. The predicted octanol–water partition coefficient (Wildman–Crippen LogP) is 0.681. The van der Waals surface area contributed by atoms with Crippen LogP contribution in [0.25, 0.3) is 0 Å². The molecular weight excluding hydrogens is 214 g/mol. The van der Waals surface area contributed by atoms with Gasteiger partial charge in [-0.05, 0) is 26.3 Å². The van der Waals surface area contributed by atoms with Gasteiger partial charge in [0.1, 0.15) is 0 Å². The predicted molar refractivity (Wildman–Crippen MR) is 68.9 cm³/mol. The summed E-state index contributed by atoms with van der Waals surface area (Å²) in [5, 5.41) is 3.41. The Balaban J connectivity index is 1.81. The van der Waals surface area contributed by atoms with Crippen molar-refractivity contribution in [3.8, 4) is 0 Å². The SMILES string of the molecule is CNC1CCCC(N2CCN(C(C)=O)CC2)C1. The number of carbonyl (C=O) groups excluding carboxylic acids is 1. The van der Waals surface area contributed by atoms with Crippen LogP contribution >= 0.6 is 0 Å². The van der Waals surface area contributed by atoms with E-state index in [1.54, 1.807) is 6.92 Å². The van der Waals surface area contributed by atoms with Gasteiger partial charge in [-0.2, -0.15) is 0 Å². The van der Waals surface area contributed by atoms with E-state index in [1.807, 2.05) is 4.90 Å². The number of rotatable bonds is 2. The zero-order valence-corrected chi connectivity index (χ0v) is 11.1. The van der Waals surface area contributed by atoms with Gasteiger partial charge in [0, 0.05) is 45.2 Å². The van der Waals surface area contributed by atoms with E-state index in [4.69, 9.17) is 0 Å². The number of carbonyl (C=O) groups is 1. The second-order valence-electron chi connectivity index (χ2n) is 5.35. The largest absolute Gasteiger partial charge is 0.340 e. The molecule has 2 atom stereocenters. The molecule has 0 radical (unpaired) electrons. The fourth-order valence-corrected chi connectivity index (χ4v) is 3.16. The average Bonchev–Trinajstić information content (AvgIpc) is 2.39. The van der Waals surface area contributed by atoms with Crippen LogP contribution in [-0.4, -0.2) is 61.0 Å². The molecule has 0 aromatic heterocycles. The molecule has 0 bridgehead atoms. The molecule has 1 saturated heterocycles. The summed E-state index contributed by atoms with van der Waals surface area (Å²) in [6.45, 7) is 5.61. The third-order valence-corrected chi connectivity index (χ3v) is 4.33. The van der Waals surface area contributed by atoms with E-state index in [-0.39, 0.29) is 5.91 Å². The summed E-state index contributed by atoms with van der Waals surface area (Å²) in [5.74, 6) is 0.224. The molecule has 0 aromatic rings. The molecule has 1 N–H and O–H groups in total. The Hall–Kier alpha value is -0.610. The zero-order valence-electron chi connectivity index (χ0n) is 11.1. The van der Waals surface area contributed by atoms with Gasteiger partial charge >= 0.3 is 0 Å². The maximum absolute atomic E-state index is 11.3. The molecule has 2 unspecified atom stereocenters. The lowest BCUT2D eigenvalue weighted by Crippen LogP contribution is -2.53. The summed E-state index contributed by atoms with van der Waals surface area (Å²) in [5.41, 5.74) is 0. The number of nitrogens with one attached hydrogen (secondary N) is 1. The van der Waals surface area contributed by atoms with E-state index < -0.39 is 0 Å². The fourth-order valence-electron chi connectivity index (χ4n) is 3.16. The summed E-state index contributed by atoms with van der Waals surface area (Å²) in [4.78, 5) is 15.8. The van der Waals surface area contributed by atoms with E-state index in [9.17, 15) is 4.79 Å². The number of amides is 1. The number of hydrogen-bond donors (Lipinski definition) is 1. The van der Waals surface area contributed by atoms with Gasteiger partial charge in [0.15, 0.2) is 0 Å². The first-order valence-corrected chi connectivity index (χ1v) is 6.87. The van der Waals surface area contributed by atoms with Gasteiger partial charge < -0.3 is 10.2 Å². The van der Waals surface area contributed by atoms with Gasteiger partial charge in [-0.1, -0.05) is 6.42 Å². The molecule has 1 amide bonds. The van der Waals surface area contributed by atoms with Gasteiger partial charge in [0.05, 0.1) is 0 Å². The highest BCUT2D eigenvalue weighted by Gasteiger charge is 2.28. The van der Waals surface area contributed by atoms with Crippen molar-refractivity contribution in [1.29, 1.82) is 0 Å². The Morgan fingerprint density at radius 3 is 2.47 bits per heavy atom. The molecule has 2 rings (SSSR count). The van der Waals surface area contributed by atoms with E-state index in [1.165, 1.54) is 25.7 Å². The van der Waals surface area contributed by atoms with Crippen LogP contribution in [0.5, 0.6) is 0 Å². The van der Waals surface area contributed by atoms with E-state index in [0.717, 1.165) is 32.2 Å². The minimum atomic E-state index is 0.224. The van der Waals surface area contributed by atoms with Gasteiger partial charge in [-0.25, -0.2) is 0 Å². The number of hydrogen-bond acceptors (Lipinski definition) is 3. The quantitative estimate of drug-likeness (QED) is 0.770. The molecular formula is C13H25N3O. The van der Waals surface area contributed by atoms with Crippen molar-refractivity contribution in [1.82, 2.24) is 15.1 Å². The van der Waals surface area contributed by atoms with Crippen LogP contribution in [0, 0.1) is 0 Å². The van der Waals surface area contributed by atoms with Gasteiger partial charge in [-0.3, -0.25) is 9.69 Å². The van der Waals surface area contributed by atoms with Gasteiger partial charge in [0.2, 0.25) is 5.91 Å². The van der Waals surface area contributed by atoms with Crippen LogP contribution in [0.2, 0.25) is 0 Å². The lowest BCUT2D eigenvalue weighted by molar-refractivity contribution is -0.131. The van der Waals surface area contributed by atoms with Crippen molar-refractivity contribution in [2.45, 2.75) is 44.7 Å². The van der Waals surface area contributed by atoms with Crippen LogP contribution in [0.15, 0.2) is 0 Å².